The van der Waals surface area contributed by atoms with Gasteiger partial charge < -0.3 is 20.1 Å². The summed E-state index contributed by atoms with van der Waals surface area (Å²) in [6.07, 6.45) is 5.04. The number of carbonyl (C=O) groups excluding carboxylic acids is 2. The molecule has 0 spiro atoms. The first-order valence-electron chi connectivity index (χ1n) is 25.5. The summed E-state index contributed by atoms with van der Waals surface area (Å²) in [6, 6.07) is 0. The van der Waals surface area contributed by atoms with Crippen LogP contribution in [0.1, 0.15) is 198 Å². The molecule has 0 atom stereocenters. The van der Waals surface area contributed by atoms with E-state index < -0.39 is 10.0 Å². The van der Waals surface area contributed by atoms with Gasteiger partial charge in [-0.2, -0.15) is 11.8 Å². The molecule has 0 saturated heterocycles. The van der Waals surface area contributed by atoms with E-state index in [1.165, 1.54) is 37.3 Å². The minimum absolute atomic E-state index is 0.0753. The summed E-state index contributed by atoms with van der Waals surface area (Å²) in [7, 11) is -3.03. The molecule has 3 N–H and O–H groups in total. The van der Waals surface area contributed by atoms with E-state index in [1.807, 2.05) is 55.4 Å². The largest absolute Gasteiger partial charge is 0.465 e. The number of esters is 1. The molecule has 0 aromatic carbocycles. The summed E-state index contributed by atoms with van der Waals surface area (Å²) < 4.78 is 35.4. The molecule has 0 bridgehead atoms. The second-order valence-electron chi connectivity index (χ2n) is 22.5. The van der Waals surface area contributed by atoms with Gasteiger partial charge in [0.15, 0.2) is 0 Å². The standard InChI is InChI=1S/C9H19NO.C9H21N.C9H18O2.C9H20O.C9H20S.C8H19NO2S/c1-7(2)5-9(11)10-6-8(3)4;1-8(2)5-6-10-7-9(3)4;1-7(2)5-9(10)11-6-8(3)4;2*1-8(2)5-6-10-7-9(3)4;1-7(2)5-9-12(10,11)6-8(3)4/h7-8H,5-6H2,1-4H3,(H,10,11);8-10H,5-7H2,1-4H3;7-8H,5-6H2,1-4H3;2*8-9H,5-7H2,1-4H3;7-9H,5-6H2,1-4H3. The zero-order valence-electron chi connectivity index (χ0n) is 47.3. The minimum Gasteiger partial charge on any atom is -0.465 e. The third-order valence-corrected chi connectivity index (χ3v) is 10.9. The van der Waals surface area contributed by atoms with Gasteiger partial charge in [0.25, 0.3) is 0 Å². The first-order valence-corrected chi connectivity index (χ1v) is 28.3. The van der Waals surface area contributed by atoms with E-state index in [1.54, 1.807) is 0 Å². The SMILES string of the molecule is CC(C)CCNCC(C)C.CC(C)CCOCC(C)C.CC(C)CCSCC(C)C.CC(C)CNC(=O)CC(C)C.CC(C)CNS(=O)(=O)CC(C)C.CC(C)COC(=O)CC(C)C. The van der Waals surface area contributed by atoms with Crippen LogP contribution in [0.15, 0.2) is 0 Å². The number of ether oxygens (including phenoxy) is 2. The monoisotopic (exact) mass is 956 g/mol. The van der Waals surface area contributed by atoms with Gasteiger partial charge in [0.1, 0.15) is 0 Å². The Morgan fingerprint density at radius 1 is 0.484 bits per heavy atom. The first kappa shape index (κ1) is 74.7. The van der Waals surface area contributed by atoms with Crippen molar-refractivity contribution in [3.8, 4) is 0 Å². The van der Waals surface area contributed by atoms with Gasteiger partial charge in [0.2, 0.25) is 15.9 Å². The van der Waals surface area contributed by atoms with Crippen LogP contribution in [0.2, 0.25) is 0 Å². The van der Waals surface area contributed by atoms with E-state index in [-0.39, 0.29) is 23.5 Å². The highest BCUT2D eigenvalue weighted by molar-refractivity contribution is 7.99. The maximum absolute atomic E-state index is 11.2. The van der Waals surface area contributed by atoms with Crippen LogP contribution >= 0.6 is 11.8 Å². The van der Waals surface area contributed by atoms with Crippen molar-refractivity contribution in [3.63, 3.8) is 0 Å². The van der Waals surface area contributed by atoms with Crippen LogP contribution in [0, 0.1) is 71.0 Å². The van der Waals surface area contributed by atoms with Gasteiger partial charge in [-0.3, -0.25) is 9.59 Å². The molecule has 0 aromatic rings. The van der Waals surface area contributed by atoms with Gasteiger partial charge in [-0.05, 0) is 115 Å². The molecule has 1 amide bonds. The van der Waals surface area contributed by atoms with E-state index in [2.05, 4.69) is 138 Å². The van der Waals surface area contributed by atoms with Gasteiger partial charge >= 0.3 is 5.97 Å². The Hall–Kier alpha value is -0.880. The molecule has 0 unspecified atom stereocenters. The zero-order chi connectivity index (χ0) is 51.4. The molecule has 64 heavy (non-hydrogen) atoms. The summed E-state index contributed by atoms with van der Waals surface area (Å²) in [6.45, 7) is 57.1. The van der Waals surface area contributed by atoms with Crippen molar-refractivity contribution in [2.75, 3.05) is 63.3 Å². The lowest BCUT2D eigenvalue weighted by atomic mass is 10.1. The van der Waals surface area contributed by atoms with E-state index in [4.69, 9.17) is 9.47 Å². The predicted octanol–water partition coefficient (Wildman–Crippen LogP) is 13.7. The van der Waals surface area contributed by atoms with Gasteiger partial charge in [-0.15, -0.1) is 0 Å². The molecular weight excluding hydrogens is 839 g/mol. The molecule has 0 saturated carbocycles. The number of amides is 1. The van der Waals surface area contributed by atoms with Gasteiger partial charge in [0.05, 0.1) is 12.4 Å². The third-order valence-electron chi connectivity index (χ3n) is 7.75. The molecule has 392 valence electrons. The summed E-state index contributed by atoms with van der Waals surface area (Å²) in [5.41, 5.74) is 0. The van der Waals surface area contributed by atoms with Crippen molar-refractivity contribution in [2.24, 2.45) is 71.0 Å². The van der Waals surface area contributed by atoms with E-state index >= 15 is 0 Å². The summed E-state index contributed by atoms with van der Waals surface area (Å²) in [5.74, 6) is 10.2. The fourth-order valence-corrected chi connectivity index (χ4v) is 7.12. The summed E-state index contributed by atoms with van der Waals surface area (Å²) >= 11 is 2.09. The fourth-order valence-electron chi connectivity index (χ4n) is 4.26. The summed E-state index contributed by atoms with van der Waals surface area (Å²) in [5, 5.41) is 6.29. The Morgan fingerprint density at radius 3 is 1.33 bits per heavy atom. The lowest BCUT2D eigenvalue weighted by molar-refractivity contribution is -0.145. The molecule has 11 heteroatoms. The van der Waals surface area contributed by atoms with E-state index in [0.717, 1.165) is 55.9 Å². The second-order valence-corrected chi connectivity index (χ2v) is 25.5. The predicted molar refractivity (Wildman–Crippen MR) is 288 cm³/mol. The maximum atomic E-state index is 11.2. The number of carbonyl (C=O) groups is 2. The summed E-state index contributed by atoms with van der Waals surface area (Å²) in [4.78, 5) is 22.0. The third kappa shape index (κ3) is 91.6. The lowest BCUT2D eigenvalue weighted by Crippen LogP contribution is -2.31. The van der Waals surface area contributed by atoms with Crippen LogP contribution in [-0.2, 0) is 29.1 Å². The van der Waals surface area contributed by atoms with Crippen LogP contribution in [0.4, 0.5) is 0 Å². The molecule has 0 radical (unpaired) electrons. The fraction of sp³-hybridized carbons (Fsp3) is 0.962. The highest BCUT2D eigenvalue weighted by Gasteiger charge is 2.12. The Morgan fingerprint density at radius 2 is 0.953 bits per heavy atom. The van der Waals surface area contributed by atoms with Crippen LogP contribution < -0.4 is 15.4 Å². The highest BCUT2D eigenvalue weighted by atomic mass is 32.2. The zero-order valence-corrected chi connectivity index (χ0v) is 48.9. The molecule has 0 rings (SSSR count). The van der Waals surface area contributed by atoms with E-state index in [9.17, 15) is 18.0 Å². The van der Waals surface area contributed by atoms with Gasteiger partial charge in [-0.25, -0.2) is 13.1 Å². The average Bonchev–Trinajstić information content (AvgIpc) is 3.11. The molecule has 0 aliphatic carbocycles. The van der Waals surface area contributed by atoms with Crippen LogP contribution in [0.25, 0.3) is 0 Å². The van der Waals surface area contributed by atoms with Crippen molar-refractivity contribution < 1.29 is 27.5 Å². The molecule has 0 aromatic heterocycles. The Bertz CT molecular complexity index is 967. The minimum atomic E-state index is -3.03. The number of nitrogens with one attached hydrogen (secondary N) is 3. The average molecular weight is 957 g/mol. The topological polar surface area (TPSA) is 123 Å². The Kier molecular flexibility index (Phi) is 58.3. The van der Waals surface area contributed by atoms with Crippen molar-refractivity contribution >= 4 is 33.7 Å². The number of sulfonamides is 1. The first-order chi connectivity index (χ1) is 29.3. The molecular formula is C53H117N3O6S2. The molecule has 0 heterocycles. The normalized spacial score (nSPS) is 11.4. The van der Waals surface area contributed by atoms with Gasteiger partial charge in [0, 0.05) is 39.1 Å². The van der Waals surface area contributed by atoms with Crippen LogP contribution in [0.5, 0.6) is 0 Å². The Labute approximate surface area is 407 Å². The maximum Gasteiger partial charge on any atom is 0.306 e. The van der Waals surface area contributed by atoms with Crippen molar-refractivity contribution in [1.82, 2.24) is 15.4 Å². The van der Waals surface area contributed by atoms with Crippen LogP contribution in [-0.4, -0.2) is 83.6 Å². The second kappa shape index (κ2) is 50.0. The van der Waals surface area contributed by atoms with E-state index in [0.29, 0.717) is 61.5 Å². The Balaban J connectivity index is -0.000000158. The molecule has 0 aliphatic rings. The molecule has 0 aliphatic heterocycles. The number of hydrogen-bond acceptors (Lipinski definition) is 8. The number of thioether (sulfide) groups is 1. The number of hydrogen-bond donors (Lipinski definition) is 3. The quantitative estimate of drug-likeness (QED) is 0.0523. The smallest absolute Gasteiger partial charge is 0.306 e. The van der Waals surface area contributed by atoms with Crippen LogP contribution in [0.3, 0.4) is 0 Å². The molecule has 9 nitrogen and oxygen atoms in total. The van der Waals surface area contributed by atoms with Crippen molar-refractivity contribution in [3.05, 3.63) is 0 Å². The van der Waals surface area contributed by atoms with Crippen molar-refractivity contribution in [2.45, 2.75) is 198 Å². The lowest BCUT2D eigenvalue weighted by Gasteiger charge is -2.09. The highest BCUT2D eigenvalue weighted by Crippen LogP contribution is 2.12. The number of rotatable bonds is 28. The van der Waals surface area contributed by atoms with Crippen molar-refractivity contribution in [1.29, 1.82) is 0 Å². The molecule has 0 fully saturated rings. The van der Waals surface area contributed by atoms with Gasteiger partial charge in [-0.1, -0.05) is 166 Å².